The lowest BCUT2D eigenvalue weighted by atomic mass is 10.1. The fourth-order valence-corrected chi connectivity index (χ4v) is 4.44. The second-order valence-electron chi connectivity index (χ2n) is 9.04. The highest BCUT2D eigenvalue weighted by Gasteiger charge is 2.10. The van der Waals surface area contributed by atoms with Crippen LogP contribution in [0.3, 0.4) is 0 Å². The Bertz CT molecular complexity index is 1790. The zero-order valence-electron chi connectivity index (χ0n) is 20.4. The van der Waals surface area contributed by atoms with Crippen LogP contribution in [-0.4, -0.2) is 16.8 Å². The maximum Gasteiger partial charge on any atom is 0.255 e. The summed E-state index contributed by atoms with van der Waals surface area (Å²) in [6.07, 6.45) is 1.63. The molecule has 1 heterocycles. The predicted octanol–water partition coefficient (Wildman–Crippen LogP) is 7.56. The van der Waals surface area contributed by atoms with Crippen molar-refractivity contribution in [2.24, 2.45) is 0 Å². The van der Waals surface area contributed by atoms with Crippen molar-refractivity contribution in [2.75, 3.05) is 10.6 Å². The molecule has 0 unspecified atom stereocenters. The molecule has 0 aliphatic carbocycles. The molecule has 6 rings (SSSR count). The molecule has 0 saturated carbocycles. The van der Waals surface area contributed by atoms with Crippen molar-refractivity contribution in [3.05, 3.63) is 139 Å². The van der Waals surface area contributed by atoms with Crippen LogP contribution in [0.15, 0.2) is 128 Å². The zero-order chi connectivity index (χ0) is 25.9. The van der Waals surface area contributed by atoms with Gasteiger partial charge in [0.2, 0.25) is 0 Å². The van der Waals surface area contributed by atoms with Gasteiger partial charge in [0.05, 0.1) is 17.6 Å². The van der Waals surface area contributed by atoms with Gasteiger partial charge in [-0.2, -0.15) is 0 Å². The second kappa shape index (κ2) is 9.99. The molecule has 38 heavy (non-hydrogen) atoms. The molecular weight excluding hydrogens is 470 g/mol. The number of carbonyl (C=O) groups excluding carboxylic acids is 2. The summed E-state index contributed by atoms with van der Waals surface area (Å²) < 4.78 is 0. The first kappa shape index (κ1) is 23.1. The fraction of sp³-hybridized carbons (Fsp3) is 0. The molecule has 0 atom stereocenters. The van der Waals surface area contributed by atoms with Gasteiger partial charge in [0.25, 0.3) is 11.8 Å². The van der Waals surface area contributed by atoms with Crippen LogP contribution in [0.2, 0.25) is 0 Å². The summed E-state index contributed by atoms with van der Waals surface area (Å²) in [6.45, 7) is 0. The van der Waals surface area contributed by atoms with Crippen molar-refractivity contribution >= 4 is 44.7 Å². The van der Waals surface area contributed by atoms with Crippen molar-refractivity contribution in [1.29, 1.82) is 0 Å². The number of benzene rings is 5. The van der Waals surface area contributed by atoms with Gasteiger partial charge < -0.3 is 10.6 Å². The van der Waals surface area contributed by atoms with E-state index in [9.17, 15) is 9.59 Å². The molecule has 2 N–H and O–H groups in total. The Labute approximate surface area is 219 Å². The molecule has 0 spiro atoms. The molecule has 0 radical (unpaired) electrons. The van der Waals surface area contributed by atoms with Crippen molar-refractivity contribution in [3.8, 4) is 11.3 Å². The maximum absolute atomic E-state index is 12.8. The number of pyridine rings is 1. The second-order valence-corrected chi connectivity index (χ2v) is 9.04. The molecule has 5 heteroatoms. The highest BCUT2D eigenvalue weighted by atomic mass is 16.2. The summed E-state index contributed by atoms with van der Waals surface area (Å²) in [6, 6.07) is 38.4. The van der Waals surface area contributed by atoms with Gasteiger partial charge in [-0.15, -0.1) is 0 Å². The normalized spacial score (nSPS) is 10.8. The molecule has 5 nitrogen and oxygen atoms in total. The van der Waals surface area contributed by atoms with E-state index in [2.05, 4.69) is 15.6 Å². The van der Waals surface area contributed by atoms with E-state index in [1.807, 2.05) is 109 Å². The summed E-state index contributed by atoms with van der Waals surface area (Å²) in [4.78, 5) is 30.0. The molecule has 0 aliphatic rings. The lowest BCUT2D eigenvalue weighted by molar-refractivity contribution is 0.101. The van der Waals surface area contributed by atoms with Crippen LogP contribution in [0, 0.1) is 0 Å². The van der Waals surface area contributed by atoms with Crippen molar-refractivity contribution in [3.63, 3.8) is 0 Å². The summed E-state index contributed by atoms with van der Waals surface area (Å²) in [5.74, 6) is -0.362. The lowest BCUT2D eigenvalue weighted by Crippen LogP contribution is -2.12. The third kappa shape index (κ3) is 4.86. The van der Waals surface area contributed by atoms with Crippen molar-refractivity contribution in [2.45, 2.75) is 0 Å². The highest BCUT2D eigenvalue weighted by molar-refractivity contribution is 6.07. The smallest absolute Gasteiger partial charge is 0.255 e. The largest absolute Gasteiger partial charge is 0.322 e. The first-order valence-corrected chi connectivity index (χ1v) is 12.3. The number of hydrogen-bond acceptors (Lipinski definition) is 3. The van der Waals surface area contributed by atoms with Gasteiger partial charge >= 0.3 is 0 Å². The molecule has 0 bridgehead atoms. The van der Waals surface area contributed by atoms with Gasteiger partial charge in [-0.3, -0.25) is 14.6 Å². The zero-order valence-corrected chi connectivity index (χ0v) is 20.4. The minimum Gasteiger partial charge on any atom is -0.322 e. The van der Waals surface area contributed by atoms with E-state index in [0.717, 1.165) is 38.5 Å². The fourth-order valence-electron chi connectivity index (χ4n) is 4.44. The number of rotatable bonds is 5. The number of aromatic nitrogens is 1. The summed E-state index contributed by atoms with van der Waals surface area (Å²) >= 11 is 0. The number of nitrogens with one attached hydrogen (secondary N) is 2. The standard InChI is InChI=1S/C33H23N3O2/c37-32(35-29-16-15-23-6-2-4-8-27(23)20-29)25-12-10-24(11-13-25)31-18-17-30(21-34-31)36-33(38)28-14-9-22-5-1-3-7-26(22)19-28/h1-21H,(H,35,37)(H,36,38). The number of amides is 2. The number of carbonyl (C=O) groups is 2. The number of hydrogen-bond donors (Lipinski definition) is 2. The Hall–Kier alpha value is -5.29. The minimum atomic E-state index is -0.188. The number of nitrogens with zero attached hydrogens (tertiary/aromatic N) is 1. The average Bonchev–Trinajstić information content (AvgIpc) is 2.97. The van der Waals surface area contributed by atoms with E-state index >= 15 is 0 Å². The van der Waals surface area contributed by atoms with E-state index in [1.165, 1.54) is 0 Å². The number of fused-ring (bicyclic) bond motifs is 2. The lowest BCUT2D eigenvalue weighted by Gasteiger charge is -2.09. The molecule has 182 valence electrons. The van der Waals surface area contributed by atoms with E-state index in [1.54, 1.807) is 18.3 Å². The Morgan fingerprint density at radius 2 is 1.05 bits per heavy atom. The van der Waals surface area contributed by atoms with Crippen LogP contribution in [0.1, 0.15) is 20.7 Å². The van der Waals surface area contributed by atoms with Crippen molar-refractivity contribution < 1.29 is 9.59 Å². The molecular formula is C33H23N3O2. The van der Waals surface area contributed by atoms with Gasteiger partial charge in [-0.05, 0) is 70.1 Å². The van der Waals surface area contributed by atoms with Gasteiger partial charge in [0, 0.05) is 22.4 Å². The Balaban J connectivity index is 1.11. The van der Waals surface area contributed by atoms with Gasteiger partial charge in [-0.1, -0.05) is 72.8 Å². The van der Waals surface area contributed by atoms with Crippen LogP contribution in [0.25, 0.3) is 32.8 Å². The molecule has 1 aromatic heterocycles. The van der Waals surface area contributed by atoms with Crippen LogP contribution in [0.4, 0.5) is 11.4 Å². The third-order valence-corrected chi connectivity index (χ3v) is 6.48. The topological polar surface area (TPSA) is 71.1 Å². The Morgan fingerprint density at radius 3 is 1.74 bits per heavy atom. The summed E-state index contributed by atoms with van der Waals surface area (Å²) in [5, 5.41) is 10.2. The quantitative estimate of drug-likeness (QED) is 0.260. The van der Waals surface area contributed by atoms with Crippen molar-refractivity contribution in [1.82, 2.24) is 4.98 Å². The van der Waals surface area contributed by atoms with Crippen LogP contribution < -0.4 is 10.6 Å². The van der Waals surface area contributed by atoms with E-state index in [4.69, 9.17) is 0 Å². The summed E-state index contributed by atoms with van der Waals surface area (Å²) in [7, 11) is 0. The van der Waals surface area contributed by atoms with Crippen LogP contribution in [-0.2, 0) is 0 Å². The molecule has 2 amide bonds. The SMILES string of the molecule is O=C(Nc1ccc2ccccc2c1)c1ccc(-c2ccc(NC(=O)c3ccc4ccccc4c3)cn2)cc1. The first-order chi connectivity index (χ1) is 18.6. The minimum absolute atomic E-state index is 0.174. The molecule has 0 saturated heterocycles. The Morgan fingerprint density at radius 1 is 0.500 bits per heavy atom. The first-order valence-electron chi connectivity index (χ1n) is 12.3. The molecule has 0 fully saturated rings. The van der Waals surface area contributed by atoms with Crippen LogP contribution >= 0.6 is 0 Å². The molecule has 0 aliphatic heterocycles. The molecule has 5 aromatic carbocycles. The van der Waals surface area contributed by atoms with E-state index < -0.39 is 0 Å². The monoisotopic (exact) mass is 493 g/mol. The number of anilines is 2. The molecule has 6 aromatic rings. The Kier molecular flexibility index (Phi) is 6.08. The van der Waals surface area contributed by atoms with Gasteiger partial charge in [0.1, 0.15) is 0 Å². The van der Waals surface area contributed by atoms with E-state index in [-0.39, 0.29) is 11.8 Å². The van der Waals surface area contributed by atoms with Gasteiger partial charge in [-0.25, -0.2) is 0 Å². The summed E-state index contributed by atoms with van der Waals surface area (Å²) in [5.41, 5.74) is 4.13. The van der Waals surface area contributed by atoms with Gasteiger partial charge in [0.15, 0.2) is 0 Å². The maximum atomic E-state index is 12.8. The van der Waals surface area contributed by atoms with Crippen LogP contribution in [0.5, 0.6) is 0 Å². The third-order valence-electron chi connectivity index (χ3n) is 6.48. The van der Waals surface area contributed by atoms with E-state index in [0.29, 0.717) is 16.8 Å². The predicted molar refractivity (Wildman–Crippen MR) is 153 cm³/mol. The average molecular weight is 494 g/mol. The highest BCUT2D eigenvalue weighted by Crippen LogP contribution is 2.22.